The van der Waals surface area contributed by atoms with Gasteiger partial charge in [-0.25, -0.2) is 0 Å². The first-order valence-corrected chi connectivity index (χ1v) is 10.2. The largest absolute Gasteiger partial charge is 0.351 e. The van der Waals surface area contributed by atoms with Gasteiger partial charge in [0.05, 0.1) is 0 Å². The monoisotopic (exact) mass is 390 g/mol. The molecular formula is C23H26N4O2. The Morgan fingerprint density at radius 3 is 2.52 bits per heavy atom. The minimum absolute atomic E-state index is 0.0579. The molecule has 0 spiro atoms. The second kappa shape index (κ2) is 9.01. The van der Waals surface area contributed by atoms with Gasteiger partial charge in [0.15, 0.2) is 0 Å². The number of piperidine rings is 1. The van der Waals surface area contributed by atoms with Gasteiger partial charge in [0.2, 0.25) is 5.82 Å². The number of nitrogens with zero attached hydrogens (tertiary/aromatic N) is 3. The summed E-state index contributed by atoms with van der Waals surface area (Å²) in [5.74, 6) is 1.75. The lowest BCUT2D eigenvalue weighted by atomic mass is 9.99. The molecule has 1 aliphatic heterocycles. The van der Waals surface area contributed by atoms with Crippen LogP contribution >= 0.6 is 0 Å². The lowest BCUT2D eigenvalue weighted by molar-refractivity contribution is 0.0944. The lowest BCUT2D eigenvalue weighted by Gasteiger charge is -2.30. The summed E-state index contributed by atoms with van der Waals surface area (Å²) in [4.78, 5) is 19.3. The van der Waals surface area contributed by atoms with Crippen LogP contribution in [0.5, 0.6) is 0 Å². The standard InChI is InChI=1S/C23H26N4O2/c1-17-11-14-27(15-12-17)16-13-24-22(28)19-7-9-20(10-8-19)23-25-21(26-29-23)18-5-3-2-4-6-18/h2-10,17H,11-16H2,1H3,(H,24,28). The predicted octanol–water partition coefficient (Wildman–Crippen LogP) is 3.87. The van der Waals surface area contributed by atoms with Gasteiger partial charge >= 0.3 is 0 Å². The number of hydrogen-bond donors (Lipinski definition) is 1. The Balaban J connectivity index is 1.32. The fourth-order valence-corrected chi connectivity index (χ4v) is 3.52. The van der Waals surface area contributed by atoms with E-state index in [2.05, 4.69) is 27.3 Å². The topological polar surface area (TPSA) is 71.3 Å². The highest BCUT2D eigenvalue weighted by Gasteiger charge is 2.16. The number of benzene rings is 2. The van der Waals surface area contributed by atoms with Crippen LogP contribution < -0.4 is 5.32 Å². The van der Waals surface area contributed by atoms with Crippen molar-refractivity contribution < 1.29 is 9.32 Å². The first-order valence-electron chi connectivity index (χ1n) is 10.2. The molecule has 2 aromatic carbocycles. The van der Waals surface area contributed by atoms with Crippen LogP contribution in [0.2, 0.25) is 0 Å². The predicted molar refractivity (Wildman–Crippen MR) is 112 cm³/mol. The van der Waals surface area contributed by atoms with E-state index in [1.807, 2.05) is 42.5 Å². The molecule has 4 rings (SSSR count). The molecule has 1 fully saturated rings. The van der Waals surface area contributed by atoms with Gasteiger partial charge in [-0.15, -0.1) is 0 Å². The van der Waals surface area contributed by atoms with Crippen LogP contribution in [0.15, 0.2) is 59.1 Å². The fourth-order valence-electron chi connectivity index (χ4n) is 3.52. The average Bonchev–Trinajstić information content (AvgIpc) is 3.26. The van der Waals surface area contributed by atoms with Crippen molar-refractivity contribution in [1.29, 1.82) is 0 Å². The summed E-state index contributed by atoms with van der Waals surface area (Å²) in [6.45, 7) is 6.13. The molecule has 1 amide bonds. The minimum Gasteiger partial charge on any atom is -0.351 e. The van der Waals surface area contributed by atoms with Crippen LogP contribution in [0.3, 0.4) is 0 Å². The Morgan fingerprint density at radius 2 is 1.79 bits per heavy atom. The van der Waals surface area contributed by atoms with Crippen molar-refractivity contribution in [1.82, 2.24) is 20.4 Å². The molecule has 0 unspecified atom stereocenters. The number of likely N-dealkylation sites (tertiary alicyclic amines) is 1. The van der Waals surface area contributed by atoms with Gasteiger partial charge in [-0.2, -0.15) is 4.98 Å². The van der Waals surface area contributed by atoms with E-state index in [1.165, 1.54) is 12.8 Å². The highest BCUT2D eigenvalue weighted by atomic mass is 16.5. The average molecular weight is 390 g/mol. The van der Waals surface area contributed by atoms with Gasteiger partial charge in [0, 0.05) is 29.8 Å². The van der Waals surface area contributed by atoms with Crippen molar-refractivity contribution in [2.45, 2.75) is 19.8 Å². The van der Waals surface area contributed by atoms with Gasteiger partial charge < -0.3 is 14.7 Å². The molecule has 0 radical (unpaired) electrons. The Kier molecular flexibility index (Phi) is 6.00. The van der Waals surface area contributed by atoms with E-state index in [-0.39, 0.29) is 5.91 Å². The molecule has 2 heterocycles. The summed E-state index contributed by atoms with van der Waals surface area (Å²) < 4.78 is 5.38. The van der Waals surface area contributed by atoms with Crippen LogP contribution in [-0.2, 0) is 0 Å². The SMILES string of the molecule is CC1CCN(CCNC(=O)c2ccc(-c3nc(-c4ccccc4)no3)cc2)CC1. The smallest absolute Gasteiger partial charge is 0.258 e. The first kappa shape index (κ1) is 19.3. The third-order valence-corrected chi connectivity index (χ3v) is 5.44. The number of amides is 1. The Bertz CT molecular complexity index is 929. The maximum atomic E-state index is 12.4. The number of nitrogens with one attached hydrogen (secondary N) is 1. The third kappa shape index (κ3) is 4.90. The highest BCUT2D eigenvalue weighted by Crippen LogP contribution is 2.22. The normalized spacial score (nSPS) is 15.3. The van der Waals surface area contributed by atoms with E-state index in [1.54, 1.807) is 12.1 Å². The summed E-state index contributed by atoms with van der Waals surface area (Å²) >= 11 is 0. The molecule has 3 aromatic rings. The van der Waals surface area contributed by atoms with E-state index in [4.69, 9.17) is 4.52 Å². The molecule has 6 heteroatoms. The van der Waals surface area contributed by atoms with Crippen molar-refractivity contribution in [3.63, 3.8) is 0 Å². The van der Waals surface area contributed by atoms with E-state index in [0.29, 0.717) is 23.8 Å². The molecule has 0 saturated carbocycles. The first-order chi connectivity index (χ1) is 14.2. The van der Waals surface area contributed by atoms with Gasteiger partial charge in [-0.3, -0.25) is 4.79 Å². The molecule has 0 aliphatic carbocycles. The number of aromatic nitrogens is 2. The molecule has 0 atom stereocenters. The molecule has 1 N–H and O–H groups in total. The highest BCUT2D eigenvalue weighted by molar-refractivity contribution is 5.94. The second-order valence-corrected chi connectivity index (χ2v) is 7.65. The van der Waals surface area contributed by atoms with Crippen molar-refractivity contribution in [2.75, 3.05) is 26.2 Å². The minimum atomic E-state index is -0.0579. The number of hydrogen-bond acceptors (Lipinski definition) is 5. The van der Waals surface area contributed by atoms with Crippen molar-refractivity contribution in [3.05, 3.63) is 60.2 Å². The van der Waals surface area contributed by atoms with Gasteiger partial charge in [-0.05, 0) is 56.1 Å². The second-order valence-electron chi connectivity index (χ2n) is 7.65. The van der Waals surface area contributed by atoms with Gasteiger partial charge in [0.1, 0.15) is 0 Å². The molecule has 1 aliphatic rings. The summed E-state index contributed by atoms with van der Waals surface area (Å²) in [7, 11) is 0. The molecule has 6 nitrogen and oxygen atoms in total. The van der Waals surface area contributed by atoms with Crippen molar-refractivity contribution >= 4 is 5.91 Å². The van der Waals surface area contributed by atoms with E-state index >= 15 is 0 Å². The van der Waals surface area contributed by atoms with Gasteiger partial charge in [-0.1, -0.05) is 42.4 Å². The molecule has 0 bridgehead atoms. The Hall–Kier alpha value is -2.99. The molecule has 150 valence electrons. The third-order valence-electron chi connectivity index (χ3n) is 5.44. The summed E-state index contributed by atoms with van der Waals surface area (Å²) in [5.41, 5.74) is 2.32. The molecule has 29 heavy (non-hydrogen) atoms. The lowest BCUT2D eigenvalue weighted by Crippen LogP contribution is -2.39. The van der Waals surface area contributed by atoms with Crippen LogP contribution in [0, 0.1) is 5.92 Å². The zero-order chi connectivity index (χ0) is 20.1. The van der Waals surface area contributed by atoms with Crippen LogP contribution in [-0.4, -0.2) is 47.1 Å². The van der Waals surface area contributed by atoms with Gasteiger partial charge in [0.25, 0.3) is 11.8 Å². The molecule has 1 saturated heterocycles. The molecule has 1 aromatic heterocycles. The number of carbonyl (C=O) groups is 1. The number of rotatable bonds is 6. The summed E-state index contributed by atoms with van der Waals surface area (Å²) in [5, 5.41) is 7.05. The summed E-state index contributed by atoms with van der Waals surface area (Å²) in [6.07, 6.45) is 2.49. The maximum Gasteiger partial charge on any atom is 0.258 e. The Morgan fingerprint density at radius 1 is 1.07 bits per heavy atom. The number of carbonyl (C=O) groups excluding carboxylic acids is 1. The molecular weight excluding hydrogens is 364 g/mol. The quantitative estimate of drug-likeness (QED) is 0.692. The van der Waals surface area contributed by atoms with Crippen molar-refractivity contribution in [2.24, 2.45) is 5.92 Å². The Labute approximate surface area is 170 Å². The van der Waals surface area contributed by atoms with Crippen LogP contribution in [0.25, 0.3) is 22.8 Å². The van der Waals surface area contributed by atoms with Crippen LogP contribution in [0.1, 0.15) is 30.1 Å². The van der Waals surface area contributed by atoms with E-state index < -0.39 is 0 Å². The maximum absolute atomic E-state index is 12.4. The zero-order valence-electron chi connectivity index (χ0n) is 16.7. The zero-order valence-corrected chi connectivity index (χ0v) is 16.7. The van der Waals surface area contributed by atoms with Crippen molar-refractivity contribution in [3.8, 4) is 22.8 Å². The fraction of sp³-hybridized carbons (Fsp3) is 0.348. The summed E-state index contributed by atoms with van der Waals surface area (Å²) in [6, 6.07) is 16.9. The van der Waals surface area contributed by atoms with E-state index in [9.17, 15) is 4.79 Å². The van der Waals surface area contributed by atoms with E-state index in [0.717, 1.165) is 36.7 Å². The van der Waals surface area contributed by atoms with Crippen LogP contribution in [0.4, 0.5) is 0 Å².